The van der Waals surface area contributed by atoms with E-state index in [0.29, 0.717) is 35.8 Å². The standard InChI is InChI=1S/C18H20N2O6S/c1-24-10-2-9-19-27(22,23)15-6-3-13(4-7-15)18(21)20-14-5-8-16-17(11-14)26-12-25-16/h3-8,11,19H,2,9-10,12H2,1H3,(H,20,21). The number of sulfonamides is 1. The Kier molecular flexibility index (Phi) is 5.94. The first-order chi connectivity index (χ1) is 13.0. The van der Waals surface area contributed by atoms with Gasteiger partial charge in [-0.2, -0.15) is 0 Å². The second kappa shape index (κ2) is 8.38. The van der Waals surface area contributed by atoms with Crippen molar-refractivity contribution in [3.05, 3.63) is 48.0 Å². The Hall–Kier alpha value is -2.62. The topological polar surface area (TPSA) is 103 Å². The van der Waals surface area contributed by atoms with Gasteiger partial charge >= 0.3 is 0 Å². The van der Waals surface area contributed by atoms with E-state index in [2.05, 4.69) is 10.0 Å². The van der Waals surface area contributed by atoms with Crippen molar-refractivity contribution in [2.24, 2.45) is 0 Å². The van der Waals surface area contributed by atoms with Gasteiger partial charge in [-0.3, -0.25) is 4.79 Å². The third-order valence-corrected chi connectivity index (χ3v) is 5.35. The Morgan fingerprint density at radius 3 is 2.59 bits per heavy atom. The van der Waals surface area contributed by atoms with Crippen molar-refractivity contribution < 1.29 is 27.4 Å². The van der Waals surface area contributed by atoms with Crippen LogP contribution in [0.3, 0.4) is 0 Å². The van der Waals surface area contributed by atoms with Gasteiger partial charge in [-0.15, -0.1) is 0 Å². The third kappa shape index (κ3) is 4.76. The van der Waals surface area contributed by atoms with Gasteiger partial charge < -0.3 is 19.5 Å². The number of rotatable bonds is 8. The fourth-order valence-electron chi connectivity index (χ4n) is 2.47. The molecule has 2 N–H and O–H groups in total. The highest BCUT2D eigenvalue weighted by atomic mass is 32.2. The van der Waals surface area contributed by atoms with Crippen LogP contribution in [0.2, 0.25) is 0 Å². The molecule has 2 aromatic carbocycles. The van der Waals surface area contributed by atoms with E-state index in [1.54, 1.807) is 25.3 Å². The van der Waals surface area contributed by atoms with Crippen molar-refractivity contribution in [3.63, 3.8) is 0 Å². The summed E-state index contributed by atoms with van der Waals surface area (Å²) in [6.07, 6.45) is 0.575. The summed E-state index contributed by atoms with van der Waals surface area (Å²) >= 11 is 0. The van der Waals surface area contributed by atoms with E-state index in [0.717, 1.165) is 0 Å². The lowest BCUT2D eigenvalue weighted by Crippen LogP contribution is -2.25. The molecule has 0 aromatic heterocycles. The quantitative estimate of drug-likeness (QED) is 0.666. The summed E-state index contributed by atoms with van der Waals surface area (Å²) in [6, 6.07) is 10.8. The monoisotopic (exact) mass is 392 g/mol. The van der Waals surface area contributed by atoms with Crippen LogP contribution in [0.5, 0.6) is 11.5 Å². The molecule has 0 saturated carbocycles. The van der Waals surface area contributed by atoms with Crippen LogP contribution in [0.4, 0.5) is 5.69 Å². The zero-order valence-corrected chi connectivity index (χ0v) is 15.5. The van der Waals surface area contributed by atoms with Crippen LogP contribution in [0.15, 0.2) is 47.4 Å². The SMILES string of the molecule is COCCCNS(=O)(=O)c1ccc(C(=O)Nc2ccc3c(c2)OCO3)cc1. The molecule has 1 amide bonds. The maximum absolute atomic E-state index is 12.4. The molecule has 0 bridgehead atoms. The molecule has 0 aliphatic carbocycles. The summed E-state index contributed by atoms with van der Waals surface area (Å²) in [5.74, 6) is 0.834. The molecule has 2 aromatic rings. The molecule has 1 aliphatic heterocycles. The highest BCUT2D eigenvalue weighted by molar-refractivity contribution is 7.89. The first kappa shape index (κ1) is 19.2. The van der Waals surface area contributed by atoms with Crippen LogP contribution in [0.1, 0.15) is 16.8 Å². The number of methoxy groups -OCH3 is 1. The number of benzene rings is 2. The van der Waals surface area contributed by atoms with Crippen LogP contribution in [0, 0.1) is 0 Å². The minimum absolute atomic E-state index is 0.0968. The largest absolute Gasteiger partial charge is 0.454 e. The number of carbonyl (C=O) groups excluding carboxylic acids is 1. The summed E-state index contributed by atoms with van der Waals surface area (Å²) in [5, 5.41) is 2.74. The van der Waals surface area contributed by atoms with Gasteiger partial charge in [0, 0.05) is 37.6 Å². The Bertz CT molecular complexity index is 912. The number of nitrogens with one attached hydrogen (secondary N) is 2. The molecule has 1 aliphatic rings. The van der Waals surface area contributed by atoms with E-state index in [-0.39, 0.29) is 24.1 Å². The summed E-state index contributed by atoms with van der Waals surface area (Å²) in [4.78, 5) is 12.5. The summed E-state index contributed by atoms with van der Waals surface area (Å²) < 4.78 is 42.3. The number of amides is 1. The summed E-state index contributed by atoms with van der Waals surface area (Å²) in [6.45, 7) is 0.909. The molecular weight excluding hydrogens is 372 g/mol. The second-order valence-electron chi connectivity index (χ2n) is 5.79. The first-order valence-corrected chi connectivity index (χ1v) is 9.77. The third-order valence-electron chi connectivity index (χ3n) is 3.87. The number of anilines is 1. The molecule has 0 saturated heterocycles. The molecule has 0 atom stereocenters. The first-order valence-electron chi connectivity index (χ1n) is 8.29. The van der Waals surface area contributed by atoms with Gasteiger partial charge in [-0.1, -0.05) is 0 Å². The number of ether oxygens (including phenoxy) is 3. The molecule has 8 nitrogen and oxygen atoms in total. The average Bonchev–Trinajstić information content (AvgIpc) is 3.13. The van der Waals surface area contributed by atoms with Crippen molar-refractivity contribution >= 4 is 21.6 Å². The van der Waals surface area contributed by atoms with E-state index in [4.69, 9.17) is 14.2 Å². The van der Waals surface area contributed by atoms with E-state index in [9.17, 15) is 13.2 Å². The summed E-state index contributed by atoms with van der Waals surface area (Å²) in [5.41, 5.74) is 0.895. The summed E-state index contributed by atoms with van der Waals surface area (Å²) in [7, 11) is -2.06. The molecular formula is C18H20N2O6S. The predicted octanol–water partition coefficient (Wildman–Crippen LogP) is 1.98. The van der Waals surface area contributed by atoms with Gasteiger partial charge in [0.05, 0.1) is 4.90 Å². The van der Waals surface area contributed by atoms with E-state index in [1.165, 1.54) is 24.3 Å². The molecule has 0 radical (unpaired) electrons. The minimum Gasteiger partial charge on any atom is -0.454 e. The maximum Gasteiger partial charge on any atom is 0.255 e. The smallest absolute Gasteiger partial charge is 0.255 e. The van der Waals surface area contributed by atoms with Gasteiger partial charge in [0.15, 0.2) is 11.5 Å². The van der Waals surface area contributed by atoms with Crippen molar-refractivity contribution in [2.75, 3.05) is 32.4 Å². The predicted molar refractivity (Wildman–Crippen MR) is 98.6 cm³/mol. The second-order valence-corrected chi connectivity index (χ2v) is 7.56. The van der Waals surface area contributed by atoms with Crippen LogP contribution >= 0.6 is 0 Å². The molecule has 0 unspecified atom stereocenters. The Balaban J connectivity index is 1.63. The van der Waals surface area contributed by atoms with Gasteiger partial charge in [0.1, 0.15) is 0 Å². The molecule has 0 spiro atoms. The molecule has 3 rings (SSSR count). The van der Waals surface area contributed by atoms with Crippen LogP contribution in [-0.2, 0) is 14.8 Å². The highest BCUT2D eigenvalue weighted by Crippen LogP contribution is 2.34. The van der Waals surface area contributed by atoms with Gasteiger partial charge in [-0.05, 0) is 42.8 Å². The van der Waals surface area contributed by atoms with Crippen molar-refractivity contribution in [2.45, 2.75) is 11.3 Å². The Labute approximate surface area is 157 Å². The zero-order valence-electron chi connectivity index (χ0n) is 14.7. The normalized spacial score (nSPS) is 12.8. The lowest BCUT2D eigenvalue weighted by atomic mass is 10.2. The van der Waals surface area contributed by atoms with Crippen LogP contribution < -0.4 is 19.5 Å². The van der Waals surface area contributed by atoms with E-state index < -0.39 is 10.0 Å². The van der Waals surface area contributed by atoms with Crippen molar-refractivity contribution in [3.8, 4) is 11.5 Å². The van der Waals surface area contributed by atoms with Gasteiger partial charge in [-0.25, -0.2) is 13.1 Å². The van der Waals surface area contributed by atoms with E-state index >= 15 is 0 Å². The Morgan fingerprint density at radius 2 is 1.85 bits per heavy atom. The fraction of sp³-hybridized carbons (Fsp3) is 0.278. The lowest BCUT2D eigenvalue weighted by Gasteiger charge is -2.09. The number of hydrogen-bond acceptors (Lipinski definition) is 6. The average molecular weight is 392 g/mol. The van der Waals surface area contributed by atoms with Crippen molar-refractivity contribution in [1.29, 1.82) is 0 Å². The van der Waals surface area contributed by atoms with Crippen LogP contribution in [0.25, 0.3) is 0 Å². The van der Waals surface area contributed by atoms with Crippen molar-refractivity contribution in [1.82, 2.24) is 4.72 Å². The molecule has 0 fully saturated rings. The molecule has 1 heterocycles. The minimum atomic E-state index is -3.62. The van der Waals surface area contributed by atoms with Gasteiger partial charge in [0.25, 0.3) is 5.91 Å². The van der Waals surface area contributed by atoms with Gasteiger partial charge in [0.2, 0.25) is 16.8 Å². The highest BCUT2D eigenvalue weighted by Gasteiger charge is 2.16. The molecule has 9 heteroatoms. The number of hydrogen-bond donors (Lipinski definition) is 2. The maximum atomic E-state index is 12.4. The fourth-order valence-corrected chi connectivity index (χ4v) is 3.54. The van der Waals surface area contributed by atoms with E-state index in [1.807, 2.05) is 0 Å². The molecule has 144 valence electrons. The lowest BCUT2D eigenvalue weighted by molar-refractivity contribution is 0.102. The Morgan fingerprint density at radius 1 is 1.11 bits per heavy atom. The number of carbonyl (C=O) groups is 1. The van der Waals surface area contributed by atoms with Crippen LogP contribution in [-0.4, -0.2) is 41.4 Å². The number of fused-ring (bicyclic) bond motifs is 1. The zero-order chi connectivity index (χ0) is 19.3. The molecule has 27 heavy (non-hydrogen) atoms.